The quantitative estimate of drug-likeness (QED) is 0.632. The van der Waals surface area contributed by atoms with Crippen LogP contribution >= 0.6 is 0 Å². The summed E-state index contributed by atoms with van der Waals surface area (Å²) in [7, 11) is 0. The predicted molar refractivity (Wildman–Crippen MR) is 88.9 cm³/mol. The molecule has 23 heavy (non-hydrogen) atoms. The SMILES string of the molecule is CCC[C@](C)(C(NC(=O)OC(C)(C)C)c1ccccc1)[N+](=O)[O-]. The van der Waals surface area contributed by atoms with E-state index in [9.17, 15) is 14.9 Å². The van der Waals surface area contributed by atoms with Crippen LogP contribution in [0.25, 0.3) is 0 Å². The van der Waals surface area contributed by atoms with E-state index in [0.717, 1.165) is 0 Å². The van der Waals surface area contributed by atoms with Gasteiger partial charge in [0.1, 0.15) is 11.6 Å². The molecule has 0 spiro atoms. The first kappa shape index (κ1) is 18.9. The summed E-state index contributed by atoms with van der Waals surface area (Å²) in [5.74, 6) is 0. The number of nitrogens with zero attached hydrogens (tertiary/aromatic N) is 1. The van der Waals surface area contributed by atoms with Gasteiger partial charge in [-0.05, 0) is 32.8 Å². The molecule has 0 heterocycles. The largest absolute Gasteiger partial charge is 0.444 e. The van der Waals surface area contributed by atoms with E-state index >= 15 is 0 Å². The zero-order chi connectivity index (χ0) is 17.7. The molecular formula is C17H26N2O4. The number of nitrogens with one attached hydrogen (secondary N) is 1. The lowest BCUT2D eigenvalue weighted by molar-refractivity contribution is -0.572. The van der Waals surface area contributed by atoms with Gasteiger partial charge in [0.15, 0.2) is 0 Å². The van der Waals surface area contributed by atoms with Crippen LogP contribution in [0.3, 0.4) is 0 Å². The molecule has 0 aliphatic carbocycles. The maximum Gasteiger partial charge on any atom is 0.408 e. The second kappa shape index (κ2) is 7.44. The van der Waals surface area contributed by atoms with Gasteiger partial charge in [-0.25, -0.2) is 4.79 Å². The third-order valence-electron chi connectivity index (χ3n) is 3.59. The van der Waals surface area contributed by atoms with E-state index in [1.165, 1.54) is 0 Å². The van der Waals surface area contributed by atoms with Crippen molar-refractivity contribution in [2.45, 2.75) is 64.6 Å². The van der Waals surface area contributed by atoms with Crippen LogP contribution in [0.1, 0.15) is 59.1 Å². The molecule has 0 radical (unpaired) electrons. The Morgan fingerprint density at radius 1 is 1.26 bits per heavy atom. The van der Waals surface area contributed by atoms with Gasteiger partial charge >= 0.3 is 6.09 Å². The molecule has 1 unspecified atom stereocenters. The van der Waals surface area contributed by atoms with E-state index in [0.29, 0.717) is 18.4 Å². The van der Waals surface area contributed by atoms with E-state index in [-0.39, 0.29) is 4.92 Å². The molecule has 0 aromatic heterocycles. The number of hydrogen-bond donors (Lipinski definition) is 1. The summed E-state index contributed by atoms with van der Waals surface area (Å²) in [6.45, 7) is 8.71. The Labute approximate surface area is 137 Å². The molecule has 6 heteroatoms. The monoisotopic (exact) mass is 322 g/mol. The van der Waals surface area contributed by atoms with Gasteiger partial charge < -0.3 is 10.1 Å². The van der Waals surface area contributed by atoms with E-state index in [4.69, 9.17) is 4.74 Å². The molecule has 0 saturated carbocycles. The summed E-state index contributed by atoms with van der Waals surface area (Å²) in [5, 5.41) is 14.4. The third-order valence-corrected chi connectivity index (χ3v) is 3.59. The zero-order valence-electron chi connectivity index (χ0n) is 14.5. The Morgan fingerprint density at radius 2 is 1.83 bits per heavy atom. The Hall–Kier alpha value is -2.11. The van der Waals surface area contributed by atoms with Crippen molar-refractivity contribution in [1.82, 2.24) is 5.32 Å². The molecule has 0 fully saturated rings. The normalized spacial score (nSPS) is 15.3. The summed E-state index contributed by atoms with van der Waals surface area (Å²) in [6, 6.07) is 8.21. The fourth-order valence-electron chi connectivity index (χ4n) is 2.52. The molecule has 0 saturated heterocycles. The highest BCUT2D eigenvalue weighted by Crippen LogP contribution is 2.33. The van der Waals surface area contributed by atoms with Crippen molar-refractivity contribution in [3.8, 4) is 0 Å². The molecule has 1 rings (SSSR count). The fourth-order valence-corrected chi connectivity index (χ4v) is 2.52. The van der Waals surface area contributed by atoms with Crippen LogP contribution in [0.5, 0.6) is 0 Å². The average Bonchev–Trinajstić information content (AvgIpc) is 2.43. The number of amides is 1. The number of carbonyl (C=O) groups excluding carboxylic acids is 1. The van der Waals surface area contributed by atoms with Crippen LogP contribution in [-0.4, -0.2) is 22.2 Å². The Morgan fingerprint density at radius 3 is 2.26 bits per heavy atom. The fraction of sp³-hybridized carbons (Fsp3) is 0.588. The van der Waals surface area contributed by atoms with Crippen LogP contribution in [0.4, 0.5) is 4.79 Å². The van der Waals surface area contributed by atoms with E-state index < -0.39 is 23.3 Å². The minimum Gasteiger partial charge on any atom is -0.444 e. The van der Waals surface area contributed by atoms with Gasteiger partial charge in [-0.3, -0.25) is 10.1 Å². The van der Waals surface area contributed by atoms with Crippen LogP contribution in [0, 0.1) is 10.1 Å². The molecule has 2 atom stereocenters. The average molecular weight is 322 g/mol. The van der Waals surface area contributed by atoms with Gasteiger partial charge in [0.05, 0.1) is 0 Å². The number of carbonyl (C=O) groups is 1. The number of hydrogen-bond acceptors (Lipinski definition) is 4. The topological polar surface area (TPSA) is 81.5 Å². The predicted octanol–water partition coefficient (Wildman–Crippen LogP) is 4.09. The van der Waals surface area contributed by atoms with Gasteiger partial charge in [0.25, 0.3) is 0 Å². The van der Waals surface area contributed by atoms with Crippen molar-refractivity contribution >= 4 is 6.09 Å². The van der Waals surface area contributed by atoms with E-state index in [1.54, 1.807) is 52.0 Å². The molecule has 1 aromatic rings. The van der Waals surface area contributed by atoms with Crippen molar-refractivity contribution in [2.75, 3.05) is 0 Å². The second-order valence-electron chi connectivity index (χ2n) is 6.85. The van der Waals surface area contributed by atoms with Crippen molar-refractivity contribution in [1.29, 1.82) is 0 Å². The van der Waals surface area contributed by atoms with Crippen molar-refractivity contribution in [2.24, 2.45) is 0 Å². The van der Waals surface area contributed by atoms with Gasteiger partial charge in [-0.2, -0.15) is 0 Å². The summed E-state index contributed by atoms with van der Waals surface area (Å²) < 4.78 is 5.27. The lowest BCUT2D eigenvalue weighted by atomic mass is 9.84. The van der Waals surface area contributed by atoms with E-state index in [1.807, 2.05) is 13.0 Å². The minimum atomic E-state index is -1.31. The van der Waals surface area contributed by atoms with Gasteiger partial charge in [-0.1, -0.05) is 37.3 Å². The lowest BCUT2D eigenvalue weighted by Crippen LogP contribution is -2.50. The summed E-state index contributed by atoms with van der Waals surface area (Å²) in [4.78, 5) is 23.6. The second-order valence-corrected chi connectivity index (χ2v) is 6.85. The van der Waals surface area contributed by atoms with Gasteiger partial charge in [-0.15, -0.1) is 0 Å². The zero-order valence-corrected chi connectivity index (χ0v) is 14.5. The molecule has 128 valence electrons. The molecule has 1 N–H and O–H groups in total. The summed E-state index contributed by atoms with van der Waals surface area (Å²) in [5.41, 5.74) is -1.29. The molecule has 1 aromatic carbocycles. The molecule has 0 bridgehead atoms. The molecule has 1 amide bonds. The maximum atomic E-state index is 12.2. The van der Waals surface area contributed by atoms with Crippen molar-refractivity contribution in [3.05, 3.63) is 46.0 Å². The number of alkyl carbamates (subject to hydrolysis) is 1. The maximum absolute atomic E-state index is 12.2. The van der Waals surface area contributed by atoms with Crippen LogP contribution < -0.4 is 5.32 Å². The number of nitro groups is 1. The van der Waals surface area contributed by atoms with Crippen LogP contribution in [-0.2, 0) is 4.74 Å². The molecule has 6 nitrogen and oxygen atoms in total. The first-order valence-corrected chi connectivity index (χ1v) is 7.79. The first-order valence-electron chi connectivity index (χ1n) is 7.79. The lowest BCUT2D eigenvalue weighted by Gasteiger charge is -2.31. The first-order chi connectivity index (χ1) is 10.6. The Balaban J connectivity index is 3.17. The smallest absolute Gasteiger partial charge is 0.408 e. The van der Waals surface area contributed by atoms with Crippen molar-refractivity contribution in [3.63, 3.8) is 0 Å². The molecular weight excluding hydrogens is 296 g/mol. The van der Waals surface area contributed by atoms with Gasteiger partial charge in [0, 0.05) is 18.3 Å². The van der Waals surface area contributed by atoms with Crippen molar-refractivity contribution < 1.29 is 14.5 Å². The highest BCUT2D eigenvalue weighted by Gasteiger charge is 2.47. The number of ether oxygens (including phenoxy) is 1. The van der Waals surface area contributed by atoms with E-state index in [2.05, 4.69) is 5.32 Å². The third kappa shape index (κ3) is 5.23. The Bertz CT molecular complexity index is 539. The summed E-state index contributed by atoms with van der Waals surface area (Å²) in [6.07, 6.45) is 0.321. The Kier molecular flexibility index (Phi) is 6.12. The molecule has 0 aliphatic rings. The number of rotatable bonds is 6. The minimum absolute atomic E-state index is 0.314. The van der Waals surface area contributed by atoms with Crippen LogP contribution in [0.15, 0.2) is 30.3 Å². The summed E-state index contributed by atoms with van der Waals surface area (Å²) >= 11 is 0. The molecule has 0 aliphatic heterocycles. The standard InChI is InChI=1S/C17H26N2O4/c1-6-12-17(5,19(21)22)14(13-10-8-7-9-11-13)18-15(20)23-16(2,3)4/h7-11,14H,6,12H2,1-5H3,(H,18,20)/t14?,17-/m1/s1. The van der Waals surface area contributed by atoms with Gasteiger partial charge in [0.2, 0.25) is 5.54 Å². The number of benzene rings is 1. The van der Waals surface area contributed by atoms with Crippen LogP contribution in [0.2, 0.25) is 0 Å². The highest BCUT2D eigenvalue weighted by molar-refractivity contribution is 5.68. The highest BCUT2D eigenvalue weighted by atomic mass is 16.6.